The van der Waals surface area contributed by atoms with Crippen LogP contribution in [0, 0.1) is 5.41 Å². The molecule has 1 aromatic heterocycles. The second kappa shape index (κ2) is 8.31. The average Bonchev–Trinajstić information content (AvgIpc) is 3.46. The number of nitrogens with one attached hydrogen (secondary N) is 2. The van der Waals surface area contributed by atoms with E-state index in [1.165, 1.54) is 11.0 Å². The minimum absolute atomic E-state index is 0.0206. The highest BCUT2D eigenvalue weighted by atomic mass is 35.5. The average molecular weight is 432 g/mol. The Morgan fingerprint density at radius 2 is 2.20 bits per heavy atom. The Morgan fingerprint density at radius 1 is 1.37 bits per heavy atom. The Balaban J connectivity index is 1.45. The lowest BCUT2D eigenvalue weighted by Gasteiger charge is -2.32. The standard InChI is InChI=1S/C20H26ClN7O2/c1-20(2)7-8-22-17(20)19(30)27-9-3-4-16(27)18(29)23-11-13-10-14(21)5-6-15(13)28-12-24-25-26-28/h5-6,10,12,16-17,22H,3-4,7-9,11H2,1-2H3,(H,23,29)/t16-,17?/m0/s1. The molecule has 0 radical (unpaired) electrons. The maximum Gasteiger partial charge on any atom is 0.243 e. The number of nitrogens with zero attached hydrogens (tertiary/aromatic N) is 5. The molecule has 2 amide bonds. The van der Waals surface area contributed by atoms with Crippen LogP contribution in [0.15, 0.2) is 24.5 Å². The first-order chi connectivity index (χ1) is 14.4. The van der Waals surface area contributed by atoms with Crippen molar-refractivity contribution in [2.45, 2.75) is 51.7 Å². The molecule has 9 nitrogen and oxygen atoms in total. The molecule has 2 N–H and O–H groups in total. The number of benzene rings is 1. The molecule has 30 heavy (non-hydrogen) atoms. The molecule has 10 heteroatoms. The molecule has 0 aliphatic carbocycles. The zero-order chi connectivity index (χ0) is 21.3. The fourth-order valence-electron chi connectivity index (χ4n) is 4.34. The van der Waals surface area contributed by atoms with Crippen molar-refractivity contribution in [3.8, 4) is 5.69 Å². The van der Waals surface area contributed by atoms with Crippen LogP contribution in [0.25, 0.3) is 5.69 Å². The summed E-state index contributed by atoms with van der Waals surface area (Å²) < 4.78 is 1.52. The van der Waals surface area contributed by atoms with Gasteiger partial charge in [-0.25, -0.2) is 4.68 Å². The number of aromatic nitrogens is 4. The summed E-state index contributed by atoms with van der Waals surface area (Å²) in [5.74, 6) is -0.133. The first kappa shape index (κ1) is 20.7. The largest absolute Gasteiger partial charge is 0.350 e. The molecular weight excluding hydrogens is 406 g/mol. The number of tetrazole rings is 1. The number of likely N-dealkylation sites (tertiary alicyclic amines) is 1. The fraction of sp³-hybridized carbons (Fsp3) is 0.550. The number of carbonyl (C=O) groups excluding carboxylic acids is 2. The highest BCUT2D eigenvalue weighted by Crippen LogP contribution is 2.32. The molecular formula is C20H26ClN7O2. The Kier molecular flexibility index (Phi) is 5.75. The van der Waals surface area contributed by atoms with E-state index in [2.05, 4.69) is 40.0 Å². The fourth-order valence-corrected chi connectivity index (χ4v) is 4.54. The van der Waals surface area contributed by atoms with Gasteiger partial charge in [0.2, 0.25) is 11.8 Å². The third-order valence-corrected chi connectivity index (χ3v) is 6.31. The third kappa shape index (κ3) is 4.04. The van der Waals surface area contributed by atoms with E-state index in [-0.39, 0.29) is 29.8 Å². The van der Waals surface area contributed by atoms with Gasteiger partial charge in [0.25, 0.3) is 0 Å². The summed E-state index contributed by atoms with van der Waals surface area (Å²) >= 11 is 6.15. The number of carbonyl (C=O) groups is 2. The first-order valence-electron chi connectivity index (χ1n) is 10.2. The SMILES string of the molecule is CC1(C)CCNC1C(=O)N1CCC[C@H]1C(=O)NCc1cc(Cl)ccc1-n1cnnn1. The van der Waals surface area contributed by atoms with Crippen LogP contribution in [0.4, 0.5) is 0 Å². The van der Waals surface area contributed by atoms with E-state index in [1.807, 2.05) is 0 Å². The smallest absolute Gasteiger partial charge is 0.243 e. The quantitative estimate of drug-likeness (QED) is 0.739. The molecule has 0 bridgehead atoms. The van der Waals surface area contributed by atoms with E-state index in [1.54, 1.807) is 23.1 Å². The van der Waals surface area contributed by atoms with Gasteiger partial charge in [-0.05, 0) is 65.4 Å². The van der Waals surface area contributed by atoms with Gasteiger partial charge in [0, 0.05) is 18.1 Å². The molecule has 1 unspecified atom stereocenters. The highest BCUT2D eigenvalue weighted by Gasteiger charge is 2.44. The van der Waals surface area contributed by atoms with E-state index in [0.29, 0.717) is 18.0 Å². The normalized spacial score (nSPS) is 23.0. The summed E-state index contributed by atoms with van der Waals surface area (Å²) in [5.41, 5.74) is 1.42. The summed E-state index contributed by atoms with van der Waals surface area (Å²) in [6.45, 7) is 5.89. The van der Waals surface area contributed by atoms with Gasteiger partial charge in [-0.2, -0.15) is 0 Å². The van der Waals surface area contributed by atoms with Crippen LogP contribution in [-0.4, -0.2) is 62.1 Å². The molecule has 2 aromatic rings. The molecule has 3 heterocycles. The van der Waals surface area contributed by atoms with E-state index < -0.39 is 6.04 Å². The second-order valence-corrected chi connectivity index (χ2v) is 9.00. The van der Waals surface area contributed by atoms with E-state index >= 15 is 0 Å². The lowest BCUT2D eigenvalue weighted by Crippen LogP contribution is -2.54. The van der Waals surface area contributed by atoms with Gasteiger partial charge in [0.15, 0.2) is 0 Å². The Hall–Kier alpha value is -2.52. The number of rotatable bonds is 5. The second-order valence-electron chi connectivity index (χ2n) is 8.56. The summed E-state index contributed by atoms with van der Waals surface area (Å²) in [6, 6.07) is 4.63. The van der Waals surface area contributed by atoms with Crippen LogP contribution in [0.2, 0.25) is 5.02 Å². The minimum Gasteiger partial charge on any atom is -0.350 e. The van der Waals surface area contributed by atoms with Crippen molar-refractivity contribution in [3.05, 3.63) is 35.1 Å². The number of halogens is 1. The Morgan fingerprint density at radius 3 is 2.90 bits per heavy atom. The van der Waals surface area contributed by atoms with Crippen molar-refractivity contribution in [2.24, 2.45) is 5.41 Å². The number of hydrogen-bond donors (Lipinski definition) is 2. The van der Waals surface area contributed by atoms with Crippen molar-refractivity contribution in [2.75, 3.05) is 13.1 Å². The van der Waals surface area contributed by atoms with Gasteiger partial charge >= 0.3 is 0 Å². The van der Waals surface area contributed by atoms with Crippen LogP contribution < -0.4 is 10.6 Å². The molecule has 2 saturated heterocycles. The Labute approximate surface area is 180 Å². The summed E-state index contributed by atoms with van der Waals surface area (Å²) in [7, 11) is 0. The molecule has 4 rings (SSSR count). The van der Waals surface area contributed by atoms with Crippen LogP contribution in [0.1, 0.15) is 38.7 Å². The van der Waals surface area contributed by atoms with Crippen molar-refractivity contribution >= 4 is 23.4 Å². The topological polar surface area (TPSA) is 105 Å². The molecule has 0 saturated carbocycles. The lowest BCUT2D eigenvalue weighted by atomic mass is 9.84. The third-order valence-electron chi connectivity index (χ3n) is 6.08. The molecule has 0 spiro atoms. The van der Waals surface area contributed by atoms with Gasteiger partial charge < -0.3 is 15.5 Å². The van der Waals surface area contributed by atoms with E-state index in [0.717, 1.165) is 30.6 Å². The van der Waals surface area contributed by atoms with Gasteiger partial charge in [-0.3, -0.25) is 9.59 Å². The predicted molar refractivity (Wildman–Crippen MR) is 111 cm³/mol. The zero-order valence-electron chi connectivity index (χ0n) is 17.1. The first-order valence-corrected chi connectivity index (χ1v) is 10.6. The van der Waals surface area contributed by atoms with Crippen molar-refractivity contribution in [1.82, 2.24) is 35.7 Å². The van der Waals surface area contributed by atoms with Crippen LogP contribution in [0.5, 0.6) is 0 Å². The number of amides is 2. The monoisotopic (exact) mass is 431 g/mol. The molecule has 160 valence electrons. The molecule has 1 aromatic carbocycles. The summed E-state index contributed by atoms with van der Waals surface area (Å²) in [6.07, 6.45) is 3.93. The van der Waals surface area contributed by atoms with Crippen molar-refractivity contribution in [1.29, 1.82) is 0 Å². The minimum atomic E-state index is -0.452. The number of hydrogen-bond acceptors (Lipinski definition) is 6. The molecule has 2 aliphatic rings. The van der Waals surface area contributed by atoms with E-state index in [4.69, 9.17) is 11.6 Å². The zero-order valence-corrected chi connectivity index (χ0v) is 17.9. The van der Waals surface area contributed by atoms with Crippen molar-refractivity contribution < 1.29 is 9.59 Å². The maximum absolute atomic E-state index is 13.1. The van der Waals surface area contributed by atoms with Gasteiger partial charge in [0.05, 0.1) is 11.7 Å². The van der Waals surface area contributed by atoms with Crippen LogP contribution >= 0.6 is 11.6 Å². The summed E-state index contributed by atoms with van der Waals surface area (Å²) in [4.78, 5) is 27.9. The van der Waals surface area contributed by atoms with Gasteiger partial charge in [-0.15, -0.1) is 5.10 Å². The lowest BCUT2D eigenvalue weighted by molar-refractivity contribution is -0.141. The highest BCUT2D eigenvalue weighted by molar-refractivity contribution is 6.30. The van der Waals surface area contributed by atoms with Gasteiger partial charge in [-0.1, -0.05) is 25.4 Å². The van der Waals surface area contributed by atoms with Gasteiger partial charge in [0.1, 0.15) is 12.4 Å². The van der Waals surface area contributed by atoms with Crippen LogP contribution in [-0.2, 0) is 16.1 Å². The predicted octanol–water partition coefficient (Wildman–Crippen LogP) is 1.31. The Bertz CT molecular complexity index is 931. The molecule has 2 fully saturated rings. The van der Waals surface area contributed by atoms with Crippen LogP contribution in [0.3, 0.4) is 0 Å². The molecule has 2 aliphatic heterocycles. The van der Waals surface area contributed by atoms with E-state index in [9.17, 15) is 9.59 Å². The summed E-state index contributed by atoms with van der Waals surface area (Å²) in [5, 5.41) is 18.1. The maximum atomic E-state index is 13.1. The molecule has 2 atom stereocenters. The van der Waals surface area contributed by atoms with Crippen molar-refractivity contribution in [3.63, 3.8) is 0 Å².